The van der Waals surface area contributed by atoms with Gasteiger partial charge in [0, 0.05) is 12.0 Å². The van der Waals surface area contributed by atoms with Gasteiger partial charge in [-0.15, -0.1) is 0 Å². The molecule has 1 saturated heterocycles. The van der Waals surface area contributed by atoms with Crippen molar-refractivity contribution >= 4 is 23.8 Å². The monoisotopic (exact) mass is 393 g/mol. The van der Waals surface area contributed by atoms with Gasteiger partial charge in [-0.05, 0) is 39.0 Å². The normalized spacial score (nSPS) is 23.9. The zero-order valence-electron chi connectivity index (χ0n) is 15.6. The van der Waals surface area contributed by atoms with E-state index >= 15 is 0 Å². The van der Waals surface area contributed by atoms with Crippen molar-refractivity contribution in [1.82, 2.24) is 10.2 Å². The van der Waals surface area contributed by atoms with E-state index in [0.717, 1.165) is 12.1 Å². The van der Waals surface area contributed by atoms with Gasteiger partial charge in [-0.1, -0.05) is 0 Å². The maximum absolute atomic E-state index is 13.8. The highest BCUT2D eigenvalue weighted by Crippen LogP contribution is 2.43. The lowest BCUT2D eigenvalue weighted by molar-refractivity contribution is -0.158. The van der Waals surface area contributed by atoms with Crippen molar-refractivity contribution in [3.05, 3.63) is 29.6 Å². The largest absolute Gasteiger partial charge is 0.480 e. The van der Waals surface area contributed by atoms with Crippen LogP contribution in [0.5, 0.6) is 5.75 Å². The molecule has 1 unspecified atom stereocenters. The molecule has 2 aliphatic heterocycles. The predicted molar refractivity (Wildman–Crippen MR) is 92.1 cm³/mol. The van der Waals surface area contributed by atoms with Crippen molar-refractivity contribution in [3.63, 3.8) is 0 Å². The Balaban J connectivity index is 1.96. The summed E-state index contributed by atoms with van der Waals surface area (Å²) in [5, 5.41) is 2.49. The molecule has 10 heteroatoms. The van der Waals surface area contributed by atoms with E-state index in [-0.39, 0.29) is 17.7 Å². The lowest BCUT2D eigenvalue weighted by Gasteiger charge is -2.36. The molecule has 2 aliphatic rings. The summed E-state index contributed by atoms with van der Waals surface area (Å²) >= 11 is 0. The molecule has 9 nitrogen and oxygen atoms in total. The molecule has 150 valence electrons. The number of nitrogens with zero attached hydrogens (tertiary/aromatic N) is 1. The number of carbonyl (C=O) groups is 4. The van der Waals surface area contributed by atoms with Gasteiger partial charge < -0.3 is 20.5 Å². The van der Waals surface area contributed by atoms with Crippen molar-refractivity contribution in [3.8, 4) is 5.75 Å². The van der Waals surface area contributed by atoms with Crippen molar-refractivity contribution in [2.24, 2.45) is 11.1 Å². The van der Waals surface area contributed by atoms with Crippen LogP contribution in [0.4, 0.5) is 9.18 Å². The van der Waals surface area contributed by atoms with Crippen LogP contribution in [0.1, 0.15) is 32.8 Å². The lowest BCUT2D eigenvalue weighted by Crippen LogP contribution is -2.53. The number of carbonyl (C=O) groups excluding carboxylic acids is 4. The van der Waals surface area contributed by atoms with Crippen LogP contribution in [0.3, 0.4) is 0 Å². The summed E-state index contributed by atoms with van der Waals surface area (Å²) in [6.45, 7) is 4.25. The van der Waals surface area contributed by atoms with Crippen LogP contribution in [0.15, 0.2) is 18.2 Å². The number of nitrogens with two attached hydrogens (primary N) is 1. The average Bonchev–Trinajstić information content (AvgIpc) is 2.83. The van der Waals surface area contributed by atoms with Crippen molar-refractivity contribution in [2.45, 2.75) is 38.8 Å². The van der Waals surface area contributed by atoms with Gasteiger partial charge in [-0.3, -0.25) is 14.4 Å². The van der Waals surface area contributed by atoms with E-state index < -0.39 is 53.4 Å². The number of ether oxygens (including phenoxy) is 2. The Bertz CT molecular complexity index is 881. The number of imide groups is 1. The van der Waals surface area contributed by atoms with Crippen LogP contribution in [0.25, 0.3) is 0 Å². The summed E-state index contributed by atoms with van der Waals surface area (Å²) in [6, 6.07) is 2.56. The second-order valence-corrected chi connectivity index (χ2v) is 7.73. The molecule has 1 aromatic carbocycles. The first kappa shape index (κ1) is 19.6. The molecular weight excluding hydrogens is 373 g/mol. The molecule has 4 amide bonds. The fraction of sp³-hybridized carbons (Fsp3) is 0.444. The van der Waals surface area contributed by atoms with Gasteiger partial charge in [0.25, 0.3) is 11.8 Å². The zero-order valence-corrected chi connectivity index (χ0v) is 15.6. The quantitative estimate of drug-likeness (QED) is 0.576. The molecule has 0 aliphatic carbocycles. The SMILES string of the molecule is CC(C)(C)C(=O)OCN1C(=O)NC2(C[C@H](C(N)=O)Oc3ccc(F)cc32)C1=O. The molecule has 1 fully saturated rings. The van der Waals surface area contributed by atoms with Gasteiger partial charge >= 0.3 is 12.0 Å². The molecule has 0 bridgehead atoms. The van der Waals surface area contributed by atoms with Crippen LogP contribution < -0.4 is 15.8 Å². The summed E-state index contributed by atoms with van der Waals surface area (Å²) in [6.07, 6.45) is -1.52. The summed E-state index contributed by atoms with van der Waals surface area (Å²) in [5.74, 6) is -2.84. The first-order valence-corrected chi connectivity index (χ1v) is 8.53. The number of hydrogen-bond donors (Lipinski definition) is 2. The first-order chi connectivity index (χ1) is 13.0. The number of rotatable bonds is 3. The Labute approximate surface area is 159 Å². The Morgan fingerprint density at radius 1 is 1.39 bits per heavy atom. The number of esters is 1. The maximum atomic E-state index is 13.8. The minimum absolute atomic E-state index is 0.0543. The van der Waals surface area contributed by atoms with E-state index in [2.05, 4.69) is 5.32 Å². The third-order valence-electron chi connectivity index (χ3n) is 4.59. The molecule has 2 atom stereocenters. The van der Waals surface area contributed by atoms with E-state index in [1.807, 2.05) is 0 Å². The number of urea groups is 1. The lowest BCUT2D eigenvalue weighted by atomic mass is 9.81. The molecule has 3 N–H and O–H groups in total. The third kappa shape index (κ3) is 3.14. The summed E-state index contributed by atoms with van der Waals surface area (Å²) in [5.41, 5.74) is 2.80. The number of nitrogens with one attached hydrogen (secondary N) is 1. The van der Waals surface area contributed by atoms with E-state index in [1.54, 1.807) is 20.8 Å². The second-order valence-electron chi connectivity index (χ2n) is 7.73. The number of benzene rings is 1. The minimum atomic E-state index is -1.75. The number of amides is 4. The Morgan fingerprint density at radius 3 is 2.68 bits per heavy atom. The van der Waals surface area contributed by atoms with E-state index in [9.17, 15) is 23.6 Å². The number of hydrogen-bond acceptors (Lipinski definition) is 6. The molecule has 1 aromatic rings. The summed E-state index contributed by atoms with van der Waals surface area (Å²) < 4.78 is 24.3. The topological polar surface area (TPSA) is 128 Å². The van der Waals surface area contributed by atoms with Gasteiger partial charge in [-0.2, -0.15) is 0 Å². The number of primary amides is 1. The van der Waals surface area contributed by atoms with Crippen molar-refractivity contribution in [1.29, 1.82) is 0 Å². The average molecular weight is 393 g/mol. The Hall–Kier alpha value is -3.17. The fourth-order valence-electron chi connectivity index (χ4n) is 3.08. The highest BCUT2D eigenvalue weighted by molar-refractivity contribution is 6.08. The van der Waals surface area contributed by atoms with Crippen molar-refractivity contribution < 1.29 is 33.0 Å². The Morgan fingerprint density at radius 2 is 2.07 bits per heavy atom. The van der Waals surface area contributed by atoms with Crippen LogP contribution in [-0.4, -0.2) is 41.5 Å². The minimum Gasteiger partial charge on any atom is -0.480 e. The smallest absolute Gasteiger partial charge is 0.328 e. The van der Waals surface area contributed by atoms with Gasteiger partial charge in [0.2, 0.25) is 0 Å². The van der Waals surface area contributed by atoms with Crippen molar-refractivity contribution in [2.75, 3.05) is 6.73 Å². The molecular formula is C18H20FN3O6. The van der Waals surface area contributed by atoms with E-state index in [0.29, 0.717) is 4.90 Å². The van der Waals surface area contributed by atoms with Crippen LogP contribution in [0, 0.1) is 11.2 Å². The van der Waals surface area contributed by atoms with E-state index in [1.165, 1.54) is 6.07 Å². The third-order valence-corrected chi connectivity index (χ3v) is 4.59. The molecule has 0 saturated carbocycles. The van der Waals surface area contributed by atoms with Gasteiger partial charge in [-0.25, -0.2) is 14.1 Å². The zero-order chi connectivity index (χ0) is 20.9. The molecule has 28 heavy (non-hydrogen) atoms. The molecule has 2 heterocycles. The summed E-state index contributed by atoms with van der Waals surface area (Å²) in [4.78, 5) is 49.9. The first-order valence-electron chi connectivity index (χ1n) is 8.53. The summed E-state index contributed by atoms with van der Waals surface area (Å²) in [7, 11) is 0. The highest BCUT2D eigenvalue weighted by Gasteiger charge is 2.58. The van der Waals surface area contributed by atoms with E-state index in [4.69, 9.17) is 15.2 Å². The number of halogens is 1. The van der Waals surface area contributed by atoms with Crippen LogP contribution in [-0.2, 0) is 24.7 Å². The predicted octanol–water partition coefficient (Wildman–Crippen LogP) is 0.756. The molecule has 3 rings (SSSR count). The van der Waals surface area contributed by atoms with Crippen LogP contribution >= 0.6 is 0 Å². The molecule has 0 aromatic heterocycles. The second kappa shape index (κ2) is 6.47. The van der Waals surface area contributed by atoms with Gasteiger partial charge in [0.15, 0.2) is 18.4 Å². The maximum Gasteiger partial charge on any atom is 0.328 e. The Kier molecular flexibility index (Phi) is 4.52. The number of fused-ring (bicyclic) bond motifs is 2. The highest BCUT2D eigenvalue weighted by atomic mass is 19.1. The molecule has 0 radical (unpaired) electrons. The van der Waals surface area contributed by atoms with Gasteiger partial charge in [0.05, 0.1) is 5.41 Å². The standard InChI is InChI=1S/C18H20FN3O6/c1-17(2,3)15(25)27-8-22-14(24)18(21-16(22)26)7-12(13(20)23)28-11-5-4-9(19)6-10(11)18/h4-6,12H,7-8H2,1-3H3,(H2,20,23)(H,21,26)/t12-,18?/m1/s1. The fourth-order valence-corrected chi connectivity index (χ4v) is 3.08. The van der Waals surface area contributed by atoms with Gasteiger partial charge in [0.1, 0.15) is 11.6 Å². The molecule has 1 spiro atoms. The van der Waals surface area contributed by atoms with Crippen LogP contribution in [0.2, 0.25) is 0 Å².